The minimum atomic E-state index is -0.250. The zero-order valence-corrected chi connectivity index (χ0v) is 9.43. The zero-order valence-electron chi connectivity index (χ0n) is 9.43. The van der Waals surface area contributed by atoms with Gasteiger partial charge < -0.3 is 10.2 Å². The predicted octanol–water partition coefficient (Wildman–Crippen LogP) is 2.25. The van der Waals surface area contributed by atoms with E-state index in [1.807, 2.05) is 6.07 Å². The summed E-state index contributed by atoms with van der Waals surface area (Å²) in [5, 5.41) is 16.2. The Labute approximate surface area is 94.5 Å². The van der Waals surface area contributed by atoms with Gasteiger partial charge in [0.25, 0.3) is 6.47 Å². The molecule has 1 rings (SSSR count). The van der Waals surface area contributed by atoms with Gasteiger partial charge in [-0.3, -0.25) is 9.59 Å². The van der Waals surface area contributed by atoms with Crippen molar-refractivity contribution in [2.45, 2.75) is 26.7 Å². The van der Waals surface area contributed by atoms with Crippen LogP contribution in [0.5, 0.6) is 5.75 Å². The SMILES string of the molecule is CCCc1ccc(O)c(C(C)=O)c1.O=CO. The van der Waals surface area contributed by atoms with Crippen molar-refractivity contribution in [2.75, 3.05) is 0 Å². The number of hydrogen-bond acceptors (Lipinski definition) is 3. The lowest BCUT2D eigenvalue weighted by Gasteiger charge is -2.03. The van der Waals surface area contributed by atoms with Gasteiger partial charge >= 0.3 is 0 Å². The minimum absolute atomic E-state index is 0.0763. The van der Waals surface area contributed by atoms with E-state index < -0.39 is 0 Å². The Balaban J connectivity index is 0.000000673. The molecule has 0 fully saturated rings. The molecule has 0 aliphatic carbocycles. The molecule has 0 saturated carbocycles. The molecule has 1 aromatic carbocycles. The highest BCUT2D eigenvalue weighted by Crippen LogP contribution is 2.19. The summed E-state index contributed by atoms with van der Waals surface area (Å²) in [4.78, 5) is 19.4. The number of phenols is 1. The van der Waals surface area contributed by atoms with Gasteiger partial charge in [0, 0.05) is 0 Å². The Morgan fingerprint density at radius 3 is 2.44 bits per heavy atom. The molecular weight excluding hydrogens is 208 g/mol. The molecule has 0 unspecified atom stereocenters. The van der Waals surface area contributed by atoms with Crippen molar-refractivity contribution in [3.8, 4) is 5.75 Å². The van der Waals surface area contributed by atoms with Gasteiger partial charge in [-0.25, -0.2) is 0 Å². The zero-order chi connectivity index (χ0) is 12.6. The third-order valence-electron chi connectivity index (χ3n) is 1.98. The molecule has 0 radical (unpaired) electrons. The first-order valence-electron chi connectivity index (χ1n) is 4.97. The van der Waals surface area contributed by atoms with Crippen LogP contribution >= 0.6 is 0 Å². The van der Waals surface area contributed by atoms with Crippen molar-refractivity contribution >= 4 is 12.3 Å². The number of benzene rings is 1. The molecule has 0 aliphatic heterocycles. The maximum Gasteiger partial charge on any atom is 0.290 e. The molecule has 0 amide bonds. The van der Waals surface area contributed by atoms with Gasteiger partial charge in [-0.1, -0.05) is 19.4 Å². The van der Waals surface area contributed by atoms with Crippen molar-refractivity contribution in [3.63, 3.8) is 0 Å². The third-order valence-corrected chi connectivity index (χ3v) is 1.98. The number of rotatable bonds is 3. The minimum Gasteiger partial charge on any atom is -0.507 e. The van der Waals surface area contributed by atoms with Crippen LogP contribution in [0, 0.1) is 0 Å². The van der Waals surface area contributed by atoms with Gasteiger partial charge in [0.1, 0.15) is 5.75 Å². The Bertz CT molecular complexity index is 358. The molecule has 0 heterocycles. The van der Waals surface area contributed by atoms with Gasteiger partial charge in [0.15, 0.2) is 5.78 Å². The summed E-state index contributed by atoms with van der Waals surface area (Å²) >= 11 is 0. The number of aromatic hydroxyl groups is 1. The Kier molecular flexibility index (Phi) is 6.59. The average Bonchev–Trinajstić information content (AvgIpc) is 2.22. The molecular formula is C12H16O4. The first-order chi connectivity index (χ1) is 7.56. The Morgan fingerprint density at radius 1 is 1.44 bits per heavy atom. The molecule has 0 bridgehead atoms. The number of carbonyl (C=O) groups is 2. The molecule has 0 atom stereocenters. The second-order valence-electron chi connectivity index (χ2n) is 3.26. The van der Waals surface area contributed by atoms with Crippen molar-refractivity contribution < 1.29 is 19.8 Å². The van der Waals surface area contributed by atoms with Crippen LogP contribution in [0.3, 0.4) is 0 Å². The second-order valence-corrected chi connectivity index (χ2v) is 3.26. The highest BCUT2D eigenvalue weighted by Gasteiger charge is 2.06. The lowest BCUT2D eigenvalue weighted by Crippen LogP contribution is -1.94. The summed E-state index contributed by atoms with van der Waals surface area (Å²) in [6, 6.07) is 5.20. The fourth-order valence-electron chi connectivity index (χ4n) is 1.31. The summed E-state index contributed by atoms with van der Waals surface area (Å²) in [6.07, 6.45) is 1.99. The van der Waals surface area contributed by atoms with Gasteiger partial charge in [-0.05, 0) is 31.0 Å². The van der Waals surface area contributed by atoms with E-state index in [9.17, 15) is 9.90 Å². The normalized spacial score (nSPS) is 8.88. The van der Waals surface area contributed by atoms with Crippen LogP contribution in [-0.2, 0) is 11.2 Å². The number of aryl methyl sites for hydroxylation is 1. The van der Waals surface area contributed by atoms with E-state index in [1.165, 1.54) is 6.92 Å². The number of ketones is 1. The molecule has 4 heteroatoms. The maximum atomic E-state index is 11.1. The van der Waals surface area contributed by atoms with E-state index >= 15 is 0 Å². The highest BCUT2D eigenvalue weighted by molar-refractivity contribution is 5.96. The van der Waals surface area contributed by atoms with Crippen LogP contribution in [0.2, 0.25) is 0 Å². The topological polar surface area (TPSA) is 74.6 Å². The van der Waals surface area contributed by atoms with E-state index in [-0.39, 0.29) is 18.0 Å². The van der Waals surface area contributed by atoms with Crippen molar-refractivity contribution in [3.05, 3.63) is 29.3 Å². The van der Waals surface area contributed by atoms with Crippen LogP contribution < -0.4 is 0 Å². The standard InChI is InChI=1S/C11H14O2.CH2O2/c1-3-4-9-5-6-11(13)10(7-9)8(2)12;2-1-3/h5-7,13H,3-4H2,1-2H3;1H,(H,2,3). The molecule has 0 aromatic heterocycles. The Hall–Kier alpha value is -1.84. The summed E-state index contributed by atoms with van der Waals surface area (Å²) in [6.45, 7) is 3.30. The molecule has 4 nitrogen and oxygen atoms in total. The van der Waals surface area contributed by atoms with E-state index in [1.54, 1.807) is 12.1 Å². The first-order valence-corrected chi connectivity index (χ1v) is 4.97. The first kappa shape index (κ1) is 14.2. The van der Waals surface area contributed by atoms with E-state index in [0.717, 1.165) is 18.4 Å². The number of Topliss-reactive ketones (excluding diaryl/α,β-unsaturated/α-hetero) is 1. The number of carboxylic acid groups (broad SMARTS) is 1. The Morgan fingerprint density at radius 2 is 2.00 bits per heavy atom. The maximum absolute atomic E-state index is 11.1. The molecule has 0 saturated heterocycles. The monoisotopic (exact) mass is 224 g/mol. The summed E-state index contributed by atoms with van der Waals surface area (Å²) in [7, 11) is 0. The van der Waals surface area contributed by atoms with Gasteiger partial charge in [0.2, 0.25) is 0 Å². The second kappa shape index (κ2) is 7.45. The fourth-order valence-corrected chi connectivity index (χ4v) is 1.31. The molecule has 1 aromatic rings. The predicted molar refractivity (Wildman–Crippen MR) is 60.8 cm³/mol. The van der Waals surface area contributed by atoms with Crippen molar-refractivity contribution in [1.82, 2.24) is 0 Å². The smallest absolute Gasteiger partial charge is 0.290 e. The van der Waals surface area contributed by atoms with Crippen LogP contribution in [0.4, 0.5) is 0 Å². The van der Waals surface area contributed by atoms with E-state index in [0.29, 0.717) is 5.56 Å². The third kappa shape index (κ3) is 4.59. The lowest BCUT2D eigenvalue weighted by atomic mass is 10.0. The van der Waals surface area contributed by atoms with Crippen LogP contribution in [0.25, 0.3) is 0 Å². The largest absolute Gasteiger partial charge is 0.507 e. The molecule has 0 aliphatic rings. The van der Waals surface area contributed by atoms with Crippen LogP contribution in [-0.4, -0.2) is 22.5 Å². The highest BCUT2D eigenvalue weighted by atomic mass is 16.3. The van der Waals surface area contributed by atoms with E-state index in [4.69, 9.17) is 9.90 Å². The molecule has 16 heavy (non-hydrogen) atoms. The van der Waals surface area contributed by atoms with Gasteiger partial charge in [-0.15, -0.1) is 0 Å². The van der Waals surface area contributed by atoms with Crippen molar-refractivity contribution in [1.29, 1.82) is 0 Å². The number of carbonyl (C=O) groups excluding carboxylic acids is 1. The van der Waals surface area contributed by atoms with E-state index in [2.05, 4.69) is 6.92 Å². The van der Waals surface area contributed by atoms with Gasteiger partial charge in [-0.2, -0.15) is 0 Å². The summed E-state index contributed by atoms with van der Waals surface area (Å²) in [5.41, 5.74) is 1.52. The molecule has 2 N–H and O–H groups in total. The van der Waals surface area contributed by atoms with Gasteiger partial charge in [0.05, 0.1) is 5.56 Å². The summed E-state index contributed by atoms with van der Waals surface area (Å²) < 4.78 is 0. The summed E-state index contributed by atoms with van der Waals surface area (Å²) in [5.74, 6) is -0.0113. The number of hydrogen-bond donors (Lipinski definition) is 2. The van der Waals surface area contributed by atoms with Crippen LogP contribution in [0.15, 0.2) is 18.2 Å². The quantitative estimate of drug-likeness (QED) is 0.610. The number of phenolic OH excluding ortho intramolecular Hbond substituents is 1. The average molecular weight is 224 g/mol. The molecule has 88 valence electrons. The van der Waals surface area contributed by atoms with Crippen LogP contribution in [0.1, 0.15) is 36.2 Å². The van der Waals surface area contributed by atoms with Crippen molar-refractivity contribution in [2.24, 2.45) is 0 Å². The fraction of sp³-hybridized carbons (Fsp3) is 0.333. The molecule has 0 spiro atoms. The lowest BCUT2D eigenvalue weighted by molar-refractivity contribution is -0.122.